The Kier molecular flexibility index (Phi) is 5.57. The number of carbonyl (C=O) groups is 2. The van der Waals surface area contributed by atoms with Crippen molar-refractivity contribution < 1.29 is 14.7 Å². The number of likely N-dealkylation sites (tertiary alicyclic amines) is 1. The first-order chi connectivity index (χ1) is 14.1. The fourth-order valence-corrected chi connectivity index (χ4v) is 3.58. The number of para-hydroxylation sites is 2. The fourth-order valence-electron chi connectivity index (χ4n) is 3.58. The Morgan fingerprint density at radius 3 is 2.55 bits per heavy atom. The van der Waals surface area contributed by atoms with Gasteiger partial charge in [-0.2, -0.15) is 0 Å². The van der Waals surface area contributed by atoms with Crippen molar-refractivity contribution in [3.63, 3.8) is 0 Å². The van der Waals surface area contributed by atoms with Crippen LogP contribution in [0.3, 0.4) is 0 Å². The minimum absolute atomic E-state index is 0.0400. The van der Waals surface area contributed by atoms with E-state index in [0.29, 0.717) is 50.1 Å². The average Bonchev–Trinajstić information content (AvgIpc) is 3.16. The standard InChI is InChI=1S/C22H24N4O3/c27-18-9-12-25(13-10-18)22(29)16-5-7-17(8-6-16)24-21(28)11-14-26-15-23-19-3-1-2-4-20(19)26/h1-8,15,18,27H,9-14H2,(H,24,28). The summed E-state index contributed by atoms with van der Waals surface area (Å²) in [6.45, 7) is 1.69. The first-order valence-electron chi connectivity index (χ1n) is 9.87. The van der Waals surface area contributed by atoms with E-state index in [1.54, 1.807) is 35.5 Å². The molecule has 29 heavy (non-hydrogen) atoms. The van der Waals surface area contributed by atoms with Gasteiger partial charge in [0.1, 0.15) is 0 Å². The predicted molar refractivity (Wildman–Crippen MR) is 111 cm³/mol. The van der Waals surface area contributed by atoms with Crippen LogP contribution in [0.2, 0.25) is 0 Å². The van der Waals surface area contributed by atoms with Crippen molar-refractivity contribution in [2.24, 2.45) is 0 Å². The van der Waals surface area contributed by atoms with Crippen LogP contribution in [0.5, 0.6) is 0 Å². The zero-order chi connectivity index (χ0) is 20.2. The number of aliphatic hydroxyl groups is 1. The van der Waals surface area contributed by atoms with E-state index in [2.05, 4.69) is 10.3 Å². The SMILES string of the molecule is O=C(CCn1cnc2ccccc21)Nc1ccc(C(=O)N2CCC(O)CC2)cc1. The smallest absolute Gasteiger partial charge is 0.253 e. The molecular formula is C22H24N4O3. The lowest BCUT2D eigenvalue weighted by Crippen LogP contribution is -2.40. The molecular weight excluding hydrogens is 368 g/mol. The van der Waals surface area contributed by atoms with Crippen molar-refractivity contribution in [1.82, 2.24) is 14.5 Å². The van der Waals surface area contributed by atoms with Gasteiger partial charge in [-0.1, -0.05) is 12.1 Å². The lowest BCUT2D eigenvalue weighted by molar-refractivity contribution is -0.116. The molecule has 3 aromatic rings. The van der Waals surface area contributed by atoms with Crippen molar-refractivity contribution >= 4 is 28.5 Å². The van der Waals surface area contributed by atoms with E-state index in [4.69, 9.17) is 0 Å². The molecule has 2 N–H and O–H groups in total. The number of amides is 2. The third-order valence-electron chi connectivity index (χ3n) is 5.27. The van der Waals surface area contributed by atoms with Crippen LogP contribution >= 0.6 is 0 Å². The zero-order valence-electron chi connectivity index (χ0n) is 16.1. The third kappa shape index (κ3) is 4.46. The summed E-state index contributed by atoms with van der Waals surface area (Å²) < 4.78 is 1.96. The predicted octanol–water partition coefficient (Wildman–Crippen LogP) is 2.66. The largest absolute Gasteiger partial charge is 0.393 e. The van der Waals surface area contributed by atoms with Gasteiger partial charge < -0.3 is 19.9 Å². The average molecular weight is 392 g/mol. The molecule has 1 saturated heterocycles. The number of piperidine rings is 1. The molecule has 1 aromatic heterocycles. The van der Waals surface area contributed by atoms with Gasteiger partial charge in [0, 0.05) is 37.3 Å². The van der Waals surface area contributed by atoms with E-state index in [1.165, 1.54) is 0 Å². The number of aryl methyl sites for hydroxylation is 1. The summed E-state index contributed by atoms with van der Waals surface area (Å²) in [7, 11) is 0. The van der Waals surface area contributed by atoms with Gasteiger partial charge in [-0.05, 0) is 49.2 Å². The van der Waals surface area contributed by atoms with Gasteiger partial charge in [-0.15, -0.1) is 0 Å². The minimum atomic E-state index is -0.308. The number of rotatable bonds is 5. The molecule has 1 aliphatic heterocycles. The molecule has 1 fully saturated rings. The molecule has 2 amide bonds. The Balaban J connectivity index is 1.31. The molecule has 0 atom stereocenters. The van der Waals surface area contributed by atoms with Gasteiger partial charge in [0.25, 0.3) is 5.91 Å². The molecule has 0 bridgehead atoms. The molecule has 2 aromatic carbocycles. The maximum atomic E-state index is 12.5. The maximum absolute atomic E-state index is 12.5. The minimum Gasteiger partial charge on any atom is -0.393 e. The van der Waals surface area contributed by atoms with E-state index in [-0.39, 0.29) is 17.9 Å². The van der Waals surface area contributed by atoms with Crippen molar-refractivity contribution in [2.75, 3.05) is 18.4 Å². The van der Waals surface area contributed by atoms with Gasteiger partial charge in [-0.25, -0.2) is 4.98 Å². The Morgan fingerprint density at radius 1 is 1.07 bits per heavy atom. The van der Waals surface area contributed by atoms with E-state index in [0.717, 1.165) is 11.0 Å². The first kappa shape index (κ1) is 19.1. The third-order valence-corrected chi connectivity index (χ3v) is 5.27. The summed E-state index contributed by atoms with van der Waals surface area (Å²) in [5.74, 6) is -0.131. The number of nitrogens with zero attached hydrogens (tertiary/aromatic N) is 3. The van der Waals surface area contributed by atoms with Crippen molar-refractivity contribution in [1.29, 1.82) is 0 Å². The lowest BCUT2D eigenvalue weighted by Gasteiger charge is -2.29. The molecule has 0 spiro atoms. The number of hydrogen-bond donors (Lipinski definition) is 2. The van der Waals surface area contributed by atoms with Crippen LogP contribution in [0.15, 0.2) is 54.9 Å². The molecule has 1 aliphatic rings. The van der Waals surface area contributed by atoms with E-state index in [1.807, 2.05) is 28.8 Å². The highest BCUT2D eigenvalue weighted by Crippen LogP contribution is 2.17. The summed E-state index contributed by atoms with van der Waals surface area (Å²) in [4.78, 5) is 30.9. The second kappa shape index (κ2) is 8.45. The van der Waals surface area contributed by atoms with Crippen molar-refractivity contribution in [2.45, 2.75) is 31.9 Å². The zero-order valence-corrected chi connectivity index (χ0v) is 16.1. The summed E-state index contributed by atoms with van der Waals surface area (Å²) in [6, 6.07) is 14.8. The molecule has 4 rings (SSSR count). The number of carbonyl (C=O) groups excluding carboxylic acids is 2. The summed E-state index contributed by atoms with van der Waals surface area (Å²) >= 11 is 0. The number of aromatic nitrogens is 2. The van der Waals surface area contributed by atoms with Crippen LogP contribution in [0.25, 0.3) is 11.0 Å². The Morgan fingerprint density at radius 2 is 1.79 bits per heavy atom. The van der Waals surface area contributed by atoms with E-state index in [9.17, 15) is 14.7 Å². The summed E-state index contributed by atoms with van der Waals surface area (Å²) in [5.41, 5.74) is 3.17. The van der Waals surface area contributed by atoms with Crippen molar-refractivity contribution in [3.05, 3.63) is 60.4 Å². The van der Waals surface area contributed by atoms with Gasteiger partial charge in [0.05, 0.1) is 23.5 Å². The highest BCUT2D eigenvalue weighted by molar-refractivity contribution is 5.96. The highest BCUT2D eigenvalue weighted by atomic mass is 16.3. The number of imidazole rings is 1. The second-order valence-corrected chi connectivity index (χ2v) is 7.33. The molecule has 0 aliphatic carbocycles. The van der Waals surface area contributed by atoms with Crippen LogP contribution < -0.4 is 5.32 Å². The number of benzene rings is 2. The number of anilines is 1. The number of aliphatic hydroxyl groups excluding tert-OH is 1. The van der Waals surface area contributed by atoms with E-state index < -0.39 is 0 Å². The monoisotopic (exact) mass is 392 g/mol. The molecule has 2 heterocycles. The van der Waals surface area contributed by atoms with Gasteiger partial charge in [0.15, 0.2) is 0 Å². The number of fused-ring (bicyclic) bond motifs is 1. The summed E-state index contributed by atoms with van der Waals surface area (Å²) in [6.07, 6.45) is 3.00. The van der Waals surface area contributed by atoms with Crippen LogP contribution in [0, 0.1) is 0 Å². The molecule has 7 heteroatoms. The van der Waals surface area contributed by atoms with Crippen LogP contribution in [0.4, 0.5) is 5.69 Å². The fraction of sp³-hybridized carbons (Fsp3) is 0.318. The molecule has 0 radical (unpaired) electrons. The number of hydrogen-bond acceptors (Lipinski definition) is 4. The topological polar surface area (TPSA) is 87.5 Å². The quantitative estimate of drug-likeness (QED) is 0.699. The molecule has 7 nitrogen and oxygen atoms in total. The molecule has 0 saturated carbocycles. The van der Waals surface area contributed by atoms with Gasteiger partial charge in [-0.3, -0.25) is 9.59 Å². The second-order valence-electron chi connectivity index (χ2n) is 7.33. The number of nitrogens with one attached hydrogen (secondary N) is 1. The normalized spacial score (nSPS) is 14.9. The van der Waals surface area contributed by atoms with Gasteiger partial charge >= 0.3 is 0 Å². The summed E-state index contributed by atoms with van der Waals surface area (Å²) in [5, 5.41) is 12.4. The maximum Gasteiger partial charge on any atom is 0.253 e. The van der Waals surface area contributed by atoms with E-state index >= 15 is 0 Å². The molecule has 150 valence electrons. The lowest BCUT2D eigenvalue weighted by atomic mass is 10.1. The molecule has 0 unspecified atom stereocenters. The van der Waals surface area contributed by atoms with Crippen LogP contribution in [-0.4, -0.2) is 50.6 Å². The first-order valence-corrected chi connectivity index (χ1v) is 9.87. The van der Waals surface area contributed by atoms with Crippen molar-refractivity contribution in [3.8, 4) is 0 Å². The van der Waals surface area contributed by atoms with Crippen LogP contribution in [-0.2, 0) is 11.3 Å². The van der Waals surface area contributed by atoms with Crippen LogP contribution in [0.1, 0.15) is 29.6 Å². The highest BCUT2D eigenvalue weighted by Gasteiger charge is 2.22. The Bertz CT molecular complexity index is 1000. The van der Waals surface area contributed by atoms with Gasteiger partial charge in [0.2, 0.25) is 5.91 Å². The Hall–Kier alpha value is -3.19. The Labute approximate surface area is 169 Å².